The SMILES string of the molecule is CCCCCC(C)NC(=NC)NCc1cccc(NC(=O)CN(C)C)c1. The molecule has 0 aliphatic rings. The zero-order valence-corrected chi connectivity index (χ0v) is 16.9. The van der Waals surface area contributed by atoms with Crippen LogP contribution in [0.4, 0.5) is 5.69 Å². The number of amides is 1. The average Bonchev–Trinajstić information content (AvgIpc) is 2.58. The van der Waals surface area contributed by atoms with Crippen LogP contribution in [-0.4, -0.2) is 50.5 Å². The number of nitrogens with zero attached hydrogens (tertiary/aromatic N) is 2. The van der Waals surface area contributed by atoms with Crippen molar-refractivity contribution in [3.63, 3.8) is 0 Å². The van der Waals surface area contributed by atoms with E-state index >= 15 is 0 Å². The van der Waals surface area contributed by atoms with Gasteiger partial charge in [0.25, 0.3) is 0 Å². The van der Waals surface area contributed by atoms with Gasteiger partial charge in [-0.15, -0.1) is 0 Å². The maximum absolute atomic E-state index is 11.9. The Balaban J connectivity index is 2.50. The molecule has 1 aromatic carbocycles. The number of anilines is 1. The molecule has 1 aromatic rings. The van der Waals surface area contributed by atoms with Crippen molar-refractivity contribution in [3.05, 3.63) is 29.8 Å². The molecule has 26 heavy (non-hydrogen) atoms. The van der Waals surface area contributed by atoms with Crippen LogP contribution in [0.1, 0.15) is 45.1 Å². The van der Waals surface area contributed by atoms with Crippen molar-refractivity contribution < 1.29 is 4.79 Å². The van der Waals surface area contributed by atoms with Crippen molar-refractivity contribution >= 4 is 17.6 Å². The lowest BCUT2D eigenvalue weighted by Gasteiger charge is -2.18. The Morgan fingerprint density at radius 1 is 1.27 bits per heavy atom. The van der Waals surface area contributed by atoms with Gasteiger partial charge in [-0.25, -0.2) is 0 Å². The topological polar surface area (TPSA) is 68.8 Å². The number of guanidine groups is 1. The van der Waals surface area contributed by atoms with Gasteiger partial charge in [0, 0.05) is 25.3 Å². The van der Waals surface area contributed by atoms with E-state index in [2.05, 4.69) is 34.8 Å². The third kappa shape index (κ3) is 9.42. The number of aliphatic imine (C=N–C) groups is 1. The number of rotatable bonds is 10. The van der Waals surface area contributed by atoms with Crippen LogP contribution in [0, 0.1) is 0 Å². The van der Waals surface area contributed by atoms with E-state index in [1.807, 2.05) is 43.3 Å². The summed E-state index contributed by atoms with van der Waals surface area (Å²) in [5, 5.41) is 9.69. The minimum atomic E-state index is -0.0153. The van der Waals surface area contributed by atoms with Gasteiger partial charge in [-0.2, -0.15) is 0 Å². The number of carbonyl (C=O) groups is 1. The molecule has 0 aliphatic heterocycles. The van der Waals surface area contributed by atoms with E-state index in [0.29, 0.717) is 19.1 Å². The molecule has 1 atom stereocenters. The van der Waals surface area contributed by atoms with Crippen LogP contribution in [-0.2, 0) is 11.3 Å². The van der Waals surface area contributed by atoms with E-state index in [9.17, 15) is 4.79 Å². The van der Waals surface area contributed by atoms with Crippen molar-refractivity contribution in [1.29, 1.82) is 0 Å². The van der Waals surface area contributed by atoms with E-state index < -0.39 is 0 Å². The van der Waals surface area contributed by atoms with Crippen LogP contribution in [0.25, 0.3) is 0 Å². The number of unbranched alkanes of at least 4 members (excludes halogenated alkanes) is 2. The first-order valence-electron chi connectivity index (χ1n) is 9.45. The monoisotopic (exact) mass is 361 g/mol. The number of nitrogens with one attached hydrogen (secondary N) is 3. The summed E-state index contributed by atoms with van der Waals surface area (Å²) in [7, 11) is 5.54. The van der Waals surface area contributed by atoms with Crippen LogP contribution in [0.2, 0.25) is 0 Å². The van der Waals surface area contributed by atoms with E-state index in [4.69, 9.17) is 0 Å². The third-order valence-electron chi connectivity index (χ3n) is 3.98. The Morgan fingerprint density at radius 2 is 2.04 bits per heavy atom. The molecule has 0 aliphatic carbocycles. The molecule has 0 radical (unpaired) electrons. The van der Waals surface area contributed by atoms with E-state index in [1.54, 1.807) is 7.05 Å². The van der Waals surface area contributed by atoms with Crippen molar-refractivity contribution in [2.75, 3.05) is 33.0 Å². The maximum Gasteiger partial charge on any atom is 0.238 e. The van der Waals surface area contributed by atoms with E-state index in [-0.39, 0.29) is 5.91 Å². The second kappa shape index (κ2) is 12.3. The lowest BCUT2D eigenvalue weighted by atomic mass is 10.1. The average molecular weight is 362 g/mol. The molecular formula is C20H35N5O. The molecule has 0 spiro atoms. The fourth-order valence-corrected chi connectivity index (χ4v) is 2.63. The van der Waals surface area contributed by atoms with Crippen molar-refractivity contribution in [2.24, 2.45) is 4.99 Å². The summed E-state index contributed by atoms with van der Waals surface area (Å²) in [4.78, 5) is 18.0. The van der Waals surface area contributed by atoms with Gasteiger partial charge in [0.05, 0.1) is 6.54 Å². The molecule has 0 saturated carbocycles. The second-order valence-electron chi connectivity index (χ2n) is 6.95. The molecular weight excluding hydrogens is 326 g/mol. The van der Waals surface area contributed by atoms with Crippen molar-refractivity contribution in [3.8, 4) is 0 Å². The van der Waals surface area contributed by atoms with Gasteiger partial charge in [-0.3, -0.25) is 9.79 Å². The predicted octanol–water partition coefficient (Wildman–Crippen LogP) is 2.82. The zero-order chi connectivity index (χ0) is 19.4. The minimum absolute atomic E-state index is 0.0153. The third-order valence-corrected chi connectivity index (χ3v) is 3.98. The fourth-order valence-electron chi connectivity index (χ4n) is 2.63. The van der Waals surface area contributed by atoms with Crippen LogP contribution in [0.3, 0.4) is 0 Å². The normalized spacial score (nSPS) is 12.8. The molecule has 6 nitrogen and oxygen atoms in total. The molecule has 0 bridgehead atoms. The Labute approximate surface area is 158 Å². The molecule has 1 rings (SSSR count). The quantitative estimate of drug-likeness (QED) is 0.340. The highest BCUT2D eigenvalue weighted by Crippen LogP contribution is 2.10. The summed E-state index contributed by atoms with van der Waals surface area (Å²) >= 11 is 0. The molecule has 0 aromatic heterocycles. The van der Waals surface area contributed by atoms with Crippen LogP contribution < -0.4 is 16.0 Å². The summed E-state index contributed by atoms with van der Waals surface area (Å²) in [6.45, 7) is 5.42. The highest BCUT2D eigenvalue weighted by molar-refractivity contribution is 5.92. The molecule has 1 unspecified atom stereocenters. The first-order chi connectivity index (χ1) is 12.4. The van der Waals surface area contributed by atoms with Gasteiger partial charge in [0.1, 0.15) is 0 Å². The standard InChI is InChI=1S/C20H35N5O/c1-6-7-8-10-16(2)23-20(21-3)22-14-17-11-9-12-18(13-17)24-19(26)15-25(4)5/h9,11-13,16H,6-8,10,14-15H2,1-5H3,(H,24,26)(H2,21,22,23). The zero-order valence-electron chi connectivity index (χ0n) is 16.9. The maximum atomic E-state index is 11.9. The Hall–Kier alpha value is -2.08. The molecule has 146 valence electrons. The van der Waals surface area contributed by atoms with Gasteiger partial charge in [0.15, 0.2) is 5.96 Å². The number of hydrogen-bond donors (Lipinski definition) is 3. The van der Waals surface area contributed by atoms with Gasteiger partial charge < -0.3 is 20.9 Å². The number of carbonyl (C=O) groups excluding carboxylic acids is 1. The summed E-state index contributed by atoms with van der Waals surface area (Å²) in [6.07, 6.45) is 4.88. The predicted molar refractivity (Wildman–Crippen MR) is 111 cm³/mol. The Kier molecular flexibility index (Phi) is 10.4. The summed E-state index contributed by atoms with van der Waals surface area (Å²) in [5.41, 5.74) is 1.90. The van der Waals surface area contributed by atoms with Crippen molar-refractivity contribution in [1.82, 2.24) is 15.5 Å². The van der Waals surface area contributed by atoms with E-state index in [1.165, 1.54) is 19.3 Å². The number of likely N-dealkylation sites (N-methyl/N-ethyl adjacent to an activating group) is 1. The lowest BCUT2D eigenvalue weighted by molar-refractivity contribution is -0.116. The van der Waals surface area contributed by atoms with E-state index in [0.717, 1.165) is 23.6 Å². The van der Waals surface area contributed by atoms with Crippen LogP contribution in [0.15, 0.2) is 29.3 Å². The molecule has 1 amide bonds. The largest absolute Gasteiger partial charge is 0.354 e. The van der Waals surface area contributed by atoms with Crippen LogP contribution >= 0.6 is 0 Å². The molecule has 0 heterocycles. The summed E-state index contributed by atoms with van der Waals surface area (Å²) in [6, 6.07) is 8.26. The van der Waals surface area contributed by atoms with Gasteiger partial charge in [0.2, 0.25) is 5.91 Å². The van der Waals surface area contributed by atoms with Crippen LogP contribution in [0.5, 0.6) is 0 Å². The number of benzene rings is 1. The van der Waals surface area contributed by atoms with Gasteiger partial charge in [-0.05, 0) is 45.1 Å². The molecule has 6 heteroatoms. The summed E-state index contributed by atoms with van der Waals surface area (Å²) < 4.78 is 0. The highest BCUT2D eigenvalue weighted by atomic mass is 16.2. The molecule has 3 N–H and O–H groups in total. The van der Waals surface area contributed by atoms with Crippen molar-refractivity contribution in [2.45, 2.75) is 52.1 Å². The lowest BCUT2D eigenvalue weighted by Crippen LogP contribution is -2.41. The highest BCUT2D eigenvalue weighted by Gasteiger charge is 2.06. The summed E-state index contributed by atoms with van der Waals surface area (Å²) in [5.74, 6) is 0.787. The Morgan fingerprint density at radius 3 is 2.69 bits per heavy atom. The second-order valence-corrected chi connectivity index (χ2v) is 6.95. The first kappa shape index (κ1) is 22.0. The first-order valence-corrected chi connectivity index (χ1v) is 9.45. The molecule has 0 fully saturated rings. The molecule has 0 saturated heterocycles. The fraction of sp³-hybridized carbons (Fsp3) is 0.600. The Bertz CT molecular complexity index is 571. The number of hydrogen-bond acceptors (Lipinski definition) is 3. The van der Waals surface area contributed by atoms with Gasteiger partial charge >= 0.3 is 0 Å². The smallest absolute Gasteiger partial charge is 0.238 e. The minimum Gasteiger partial charge on any atom is -0.354 e. The van der Waals surface area contributed by atoms with Gasteiger partial charge in [-0.1, -0.05) is 38.3 Å².